The van der Waals surface area contributed by atoms with Crippen molar-refractivity contribution < 1.29 is 0 Å². The van der Waals surface area contributed by atoms with Crippen molar-refractivity contribution in [2.75, 3.05) is 5.75 Å². The summed E-state index contributed by atoms with van der Waals surface area (Å²) in [6.45, 7) is 2.29. The highest BCUT2D eigenvalue weighted by atomic mass is 32.2. The first-order valence-corrected chi connectivity index (χ1v) is 10.3. The predicted molar refractivity (Wildman–Crippen MR) is 95.5 cm³/mol. The van der Waals surface area contributed by atoms with Gasteiger partial charge in [-0.25, -0.2) is 0 Å². The van der Waals surface area contributed by atoms with Crippen molar-refractivity contribution in [3.63, 3.8) is 0 Å². The first-order chi connectivity index (χ1) is 9.93. The highest BCUT2D eigenvalue weighted by Crippen LogP contribution is 2.25. The molecule has 0 saturated heterocycles. The average Bonchev–Trinajstić information content (AvgIpc) is 2.49. The minimum Gasteiger partial charge on any atom is -0.134 e. The van der Waals surface area contributed by atoms with Crippen molar-refractivity contribution in [3.05, 3.63) is 11.0 Å². The van der Waals surface area contributed by atoms with E-state index in [9.17, 15) is 0 Å². The molecule has 0 N–H and O–H groups in total. The molecule has 0 aromatic heterocycles. The molecular weight excluding hydrogens is 260 g/mol. The van der Waals surface area contributed by atoms with Crippen molar-refractivity contribution in [2.45, 2.75) is 103 Å². The number of rotatable bonds is 12. The quantitative estimate of drug-likeness (QED) is 0.336. The van der Waals surface area contributed by atoms with Gasteiger partial charge in [0.15, 0.2) is 0 Å². The zero-order chi connectivity index (χ0) is 14.3. The van der Waals surface area contributed by atoms with Crippen LogP contribution in [0.2, 0.25) is 0 Å². The van der Waals surface area contributed by atoms with Crippen LogP contribution in [-0.2, 0) is 0 Å². The minimum atomic E-state index is 1.35. The molecule has 20 heavy (non-hydrogen) atoms. The van der Waals surface area contributed by atoms with Gasteiger partial charge in [0.05, 0.1) is 0 Å². The van der Waals surface area contributed by atoms with E-state index in [0.717, 1.165) is 0 Å². The van der Waals surface area contributed by atoms with Crippen molar-refractivity contribution in [3.8, 4) is 0 Å². The Bertz CT molecular complexity index is 224. The van der Waals surface area contributed by atoms with E-state index in [0.29, 0.717) is 0 Å². The van der Waals surface area contributed by atoms with E-state index in [1.165, 1.54) is 102 Å². The Labute approximate surface area is 132 Å². The van der Waals surface area contributed by atoms with Crippen LogP contribution < -0.4 is 0 Å². The molecule has 1 aliphatic carbocycles. The van der Waals surface area contributed by atoms with E-state index in [4.69, 9.17) is 0 Å². The summed E-state index contributed by atoms with van der Waals surface area (Å²) in [5.74, 6) is 1.35. The molecule has 1 saturated carbocycles. The molecule has 1 heteroatoms. The summed E-state index contributed by atoms with van der Waals surface area (Å²) in [6.07, 6.45) is 21.6. The van der Waals surface area contributed by atoms with Gasteiger partial charge in [-0.3, -0.25) is 0 Å². The van der Waals surface area contributed by atoms with Crippen LogP contribution in [0.5, 0.6) is 0 Å². The molecule has 0 aliphatic heterocycles. The molecule has 0 aromatic rings. The highest BCUT2D eigenvalue weighted by Gasteiger charge is 2.04. The average molecular weight is 297 g/mol. The Balaban J connectivity index is 1.76. The lowest BCUT2D eigenvalue weighted by atomic mass is 9.96. The number of hydrogen-bond donors (Lipinski definition) is 0. The summed E-state index contributed by atoms with van der Waals surface area (Å²) in [6, 6.07) is 0. The molecule has 1 aliphatic rings. The molecule has 0 amide bonds. The first-order valence-electron chi connectivity index (χ1n) is 9.23. The number of hydrogen-bond acceptors (Lipinski definition) is 1. The molecule has 0 heterocycles. The van der Waals surface area contributed by atoms with Gasteiger partial charge < -0.3 is 0 Å². The zero-order valence-corrected chi connectivity index (χ0v) is 14.6. The maximum absolute atomic E-state index is 2.48. The summed E-state index contributed by atoms with van der Waals surface area (Å²) in [5.41, 5.74) is 1.73. The van der Waals surface area contributed by atoms with E-state index >= 15 is 0 Å². The molecule has 1 rings (SSSR count). The van der Waals surface area contributed by atoms with Gasteiger partial charge in [-0.1, -0.05) is 76.7 Å². The second kappa shape index (κ2) is 14.0. The molecule has 0 radical (unpaired) electrons. The molecule has 0 atom stereocenters. The van der Waals surface area contributed by atoms with Crippen LogP contribution in [0.1, 0.15) is 103 Å². The number of thioether (sulfide) groups is 1. The predicted octanol–water partition coefficient (Wildman–Crippen LogP) is 7.49. The van der Waals surface area contributed by atoms with Gasteiger partial charge in [0.25, 0.3) is 0 Å². The molecule has 118 valence electrons. The van der Waals surface area contributed by atoms with Crippen molar-refractivity contribution in [2.24, 2.45) is 0 Å². The molecule has 0 bridgehead atoms. The Kier molecular flexibility index (Phi) is 12.7. The second-order valence-electron chi connectivity index (χ2n) is 6.39. The second-order valence-corrected chi connectivity index (χ2v) is 7.37. The van der Waals surface area contributed by atoms with Gasteiger partial charge in [-0.2, -0.15) is 0 Å². The lowest BCUT2D eigenvalue weighted by molar-refractivity contribution is 0.563. The summed E-state index contributed by atoms with van der Waals surface area (Å²) in [5, 5.41) is 2.48. The number of allylic oxidation sites excluding steroid dienone is 1. The Morgan fingerprint density at radius 2 is 1.30 bits per heavy atom. The molecule has 0 unspecified atom stereocenters. The van der Waals surface area contributed by atoms with Crippen LogP contribution in [-0.4, -0.2) is 5.75 Å². The molecule has 0 nitrogen and oxygen atoms in total. The normalized spacial score (nSPS) is 15.6. The van der Waals surface area contributed by atoms with E-state index < -0.39 is 0 Å². The third-order valence-corrected chi connectivity index (χ3v) is 5.39. The number of unbranched alkanes of at least 4 members (excludes halogenated alkanes) is 9. The zero-order valence-electron chi connectivity index (χ0n) is 13.8. The maximum atomic E-state index is 2.48. The maximum Gasteiger partial charge on any atom is -0.00260 e. The molecule has 1 fully saturated rings. The topological polar surface area (TPSA) is 0 Å². The summed E-state index contributed by atoms with van der Waals surface area (Å²) in [7, 11) is 0. The van der Waals surface area contributed by atoms with Crippen LogP contribution in [0.25, 0.3) is 0 Å². The fraction of sp³-hybridized carbons (Fsp3) is 0.895. The monoisotopic (exact) mass is 296 g/mol. The van der Waals surface area contributed by atoms with Crippen LogP contribution in [0, 0.1) is 0 Å². The summed E-state index contributed by atoms with van der Waals surface area (Å²) in [4.78, 5) is 0. The summed E-state index contributed by atoms with van der Waals surface area (Å²) >= 11 is 2.08. The van der Waals surface area contributed by atoms with Crippen LogP contribution in [0.15, 0.2) is 11.0 Å². The Morgan fingerprint density at radius 1 is 0.750 bits per heavy atom. The van der Waals surface area contributed by atoms with E-state index in [2.05, 4.69) is 24.1 Å². The van der Waals surface area contributed by atoms with Crippen molar-refractivity contribution >= 4 is 11.8 Å². The van der Waals surface area contributed by atoms with E-state index in [1.54, 1.807) is 5.57 Å². The third-order valence-electron chi connectivity index (χ3n) is 4.36. The third kappa shape index (κ3) is 10.8. The fourth-order valence-corrected chi connectivity index (χ4v) is 3.93. The SMILES string of the molecule is CCCCCCCCCCCCSC=C1CCCCC1. The standard InChI is InChI=1S/C19H36S/c1-2-3-4-5-6-7-8-9-10-14-17-20-18-19-15-12-11-13-16-19/h18H,2-17H2,1H3. The minimum absolute atomic E-state index is 1.35. The van der Waals surface area contributed by atoms with Gasteiger partial charge in [-0.15, -0.1) is 11.8 Å². The van der Waals surface area contributed by atoms with Crippen LogP contribution in [0.3, 0.4) is 0 Å². The van der Waals surface area contributed by atoms with Gasteiger partial charge in [0.2, 0.25) is 0 Å². The van der Waals surface area contributed by atoms with Crippen LogP contribution in [0.4, 0.5) is 0 Å². The van der Waals surface area contributed by atoms with E-state index in [-0.39, 0.29) is 0 Å². The Hall–Kier alpha value is 0.0900. The lowest BCUT2D eigenvalue weighted by Gasteiger charge is -2.12. The molecule has 0 aromatic carbocycles. The fourth-order valence-electron chi connectivity index (χ4n) is 2.97. The molecular formula is C19H36S. The van der Waals surface area contributed by atoms with Crippen molar-refractivity contribution in [1.29, 1.82) is 0 Å². The van der Waals surface area contributed by atoms with Gasteiger partial charge >= 0.3 is 0 Å². The van der Waals surface area contributed by atoms with Gasteiger partial charge in [-0.05, 0) is 43.3 Å². The molecule has 0 spiro atoms. The lowest BCUT2D eigenvalue weighted by Crippen LogP contribution is -1.92. The van der Waals surface area contributed by atoms with E-state index in [1.807, 2.05) is 0 Å². The smallest absolute Gasteiger partial charge is 0.00260 e. The first kappa shape index (κ1) is 18.1. The summed E-state index contributed by atoms with van der Waals surface area (Å²) < 4.78 is 0. The Morgan fingerprint density at radius 3 is 1.90 bits per heavy atom. The largest absolute Gasteiger partial charge is 0.134 e. The van der Waals surface area contributed by atoms with Gasteiger partial charge in [0, 0.05) is 0 Å². The van der Waals surface area contributed by atoms with Crippen molar-refractivity contribution in [1.82, 2.24) is 0 Å². The van der Waals surface area contributed by atoms with Crippen LogP contribution >= 0.6 is 11.8 Å². The highest BCUT2D eigenvalue weighted by molar-refractivity contribution is 8.02. The van der Waals surface area contributed by atoms with Gasteiger partial charge in [0.1, 0.15) is 0 Å².